The molecule has 5 aromatic rings. The Bertz CT molecular complexity index is 1340. The lowest BCUT2D eigenvalue weighted by molar-refractivity contribution is 0.399. The number of nitrogens with zero attached hydrogens (tertiary/aromatic N) is 6. The van der Waals surface area contributed by atoms with Crippen LogP contribution in [0.1, 0.15) is 11.7 Å². The molecule has 0 aliphatic carbocycles. The Hall–Kier alpha value is -3.92. The number of rotatable bonds is 8. The van der Waals surface area contributed by atoms with E-state index in [4.69, 9.17) is 13.4 Å². The Balaban J connectivity index is 1.38. The van der Waals surface area contributed by atoms with Gasteiger partial charge in [0.1, 0.15) is 17.0 Å². The van der Waals surface area contributed by atoms with Crippen LogP contribution in [0, 0.1) is 6.92 Å². The molecule has 0 spiro atoms. The van der Waals surface area contributed by atoms with Crippen LogP contribution in [-0.4, -0.2) is 30.1 Å². The number of aryl methyl sites for hydroxylation is 1. The first-order valence-electron chi connectivity index (χ1n) is 9.80. The lowest BCUT2D eigenvalue weighted by Crippen LogP contribution is -2.00. The Kier molecular flexibility index (Phi) is 5.42. The van der Waals surface area contributed by atoms with Crippen molar-refractivity contribution in [3.05, 3.63) is 73.0 Å². The molecule has 0 bridgehead atoms. The summed E-state index contributed by atoms with van der Waals surface area (Å²) < 4.78 is 18.7. The van der Waals surface area contributed by atoms with E-state index in [9.17, 15) is 0 Å². The highest BCUT2D eigenvalue weighted by Gasteiger charge is 2.22. The fourth-order valence-corrected chi connectivity index (χ4v) is 4.02. The Morgan fingerprint density at radius 3 is 2.72 bits per heavy atom. The Morgan fingerprint density at radius 1 is 1.06 bits per heavy atom. The highest BCUT2D eigenvalue weighted by Crippen LogP contribution is 2.34. The van der Waals surface area contributed by atoms with Crippen LogP contribution < -0.4 is 0 Å². The van der Waals surface area contributed by atoms with Crippen molar-refractivity contribution >= 4 is 11.8 Å². The van der Waals surface area contributed by atoms with Gasteiger partial charge in [-0.3, -0.25) is 4.57 Å². The Labute approximate surface area is 187 Å². The topological polar surface area (TPSA) is 109 Å². The molecule has 0 saturated carbocycles. The van der Waals surface area contributed by atoms with Gasteiger partial charge in [0.05, 0.1) is 12.0 Å². The molecule has 160 valence electrons. The summed E-state index contributed by atoms with van der Waals surface area (Å²) in [4.78, 5) is 0. The van der Waals surface area contributed by atoms with Gasteiger partial charge in [-0.05, 0) is 19.1 Å². The second-order valence-electron chi connectivity index (χ2n) is 6.80. The zero-order valence-corrected chi connectivity index (χ0v) is 18.0. The molecule has 0 aliphatic rings. The fraction of sp³-hybridized carbons (Fsp3) is 0.136. The van der Waals surface area contributed by atoms with Crippen LogP contribution in [0.4, 0.5) is 0 Å². The van der Waals surface area contributed by atoms with Gasteiger partial charge in [-0.15, -0.1) is 27.0 Å². The molecule has 1 aromatic carbocycles. The summed E-state index contributed by atoms with van der Waals surface area (Å²) >= 11 is 1.44. The zero-order chi connectivity index (χ0) is 21.9. The van der Waals surface area contributed by atoms with E-state index >= 15 is 0 Å². The summed E-state index contributed by atoms with van der Waals surface area (Å²) in [5.74, 6) is 3.13. The summed E-state index contributed by atoms with van der Waals surface area (Å²) in [7, 11) is 0. The molecule has 4 heterocycles. The van der Waals surface area contributed by atoms with Gasteiger partial charge in [-0.1, -0.05) is 53.3 Å². The second kappa shape index (κ2) is 8.67. The van der Waals surface area contributed by atoms with Crippen molar-refractivity contribution in [3.63, 3.8) is 0 Å². The predicted octanol–water partition coefficient (Wildman–Crippen LogP) is 5.03. The summed E-state index contributed by atoms with van der Waals surface area (Å²) in [6.07, 6.45) is 3.38. The zero-order valence-electron chi connectivity index (χ0n) is 17.1. The lowest BCUT2D eigenvalue weighted by Gasteiger charge is -2.04. The minimum absolute atomic E-state index is 0.363. The molecular formula is C22H18N6O3S. The Morgan fingerprint density at radius 2 is 1.94 bits per heavy atom. The minimum Gasteiger partial charge on any atom is -0.461 e. The molecule has 0 amide bonds. The molecule has 0 atom stereocenters. The largest absolute Gasteiger partial charge is 0.461 e. The van der Waals surface area contributed by atoms with Gasteiger partial charge >= 0.3 is 0 Å². The minimum atomic E-state index is 0.363. The number of hydrogen-bond donors (Lipinski definition) is 0. The third-order valence-electron chi connectivity index (χ3n) is 4.69. The van der Waals surface area contributed by atoms with E-state index in [1.807, 2.05) is 54.0 Å². The third-order valence-corrected chi connectivity index (χ3v) is 5.64. The molecule has 10 heteroatoms. The van der Waals surface area contributed by atoms with Gasteiger partial charge in [0.25, 0.3) is 5.89 Å². The van der Waals surface area contributed by atoms with Crippen LogP contribution in [0.5, 0.6) is 0 Å². The molecule has 0 saturated heterocycles. The van der Waals surface area contributed by atoms with Gasteiger partial charge in [0, 0.05) is 12.1 Å². The van der Waals surface area contributed by atoms with Crippen molar-refractivity contribution in [1.29, 1.82) is 0 Å². The molecule has 0 fully saturated rings. The van der Waals surface area contributed by atoms with E-state index < -0.39 is 0 Å². The number of aromatic nitrogens is 6. The maximum Gasteiger partial charge on any atom is 0.253 e. The van der Waals surface area contributed by atoms with Crippen molar-refractivity contribution in [2.75, 3.05) is 0 Å². The quantitative estimate of drug-likeness (QED) is 0.239. The number of hydrogen-bond acceptors (Lipinski definition) is 9. The molecule has 32 heavy (non-hydrogen) atoms. The standard InChI is InChI=1S/C22H18N6O3S/c1-3-11-28-20(16-10-7-12-29-16)24-26-22(28)32-13-17-23-25-21(30-17)18-14(2)31-27-19(18)15-8-5-4-6-9-15/h3-10,12H,1,11,13H2,2H3. The first-order valence-corrected chi connectivity index (χ1v) is 10.8. The summed E-state index contributed by atoms with van der Waals surface area (Å²) in [6.45, 7) is 6.18. The predicted molar refractivity (Wildman–Crippen MR) is 117 cm³/mol. The second-order valence-corrected chi connectivity index (χ2v) is 7.74. The number of furan rings is 1. The van der Waals surface area contributed by atoms with Crippen LogP contribution in [0.15, 0.2) is 79.9 Å². The highest BCUT2D eigenvalue weighted by atomic mass is 32.2. The van der Waals surface area contributed by atoms with Crippen LogP contribution >= 0.6 is 11.8 Å². The van der Waals surface area contributed by atoms with E-state index in [1.54, 1.807) is 12.3 Å². The van der Waals surface area contributed by atoms with Crippen molar-refractivity contribution < 1.29 is 13.4 Å². The normalized spacial score (nSPS) is 11.2. The summed E-state index contributed by atoms with van der Waals surface area (Å²) in [6, 6.07) is 13.4. The monoisotopic (exact) mass is 446 g/mol. The van der Waals surface area contributed by atoms with Crippen LogP contribution in [-0.2, 0) is 12.3 Å². The average Bonchev–Trinajstić information content (AvgIpc) is 3.60. The van der Waals surface area contributed by atoms with Crippen molar-refractivity contribution in [2.24, 2.45) is 0 Å². The summed E-state index contributed by atoms with van der Waals surface area (Å²) in [5, 5.41) is 21.8. The molecule has 0 unspecified atom stereocenters. The van der Waals surface area contributed by atoms with Crippen molar-refractivity contribution in [1.82, 2.24) is 30.1 Å². The van der Waals surface area contributed by atoms with Gasteiger partial charge in [0.15, 0.2) is 10.9 Å². The summed E-state index contributed by atoms with van der Waals surface area (Å²) in [5.41, 5.74) is 2.27. The fourth-order valence-electron chi connectivity index (χ4n) is 3.23. The van der Waals surface area contributed by atoms with E-state index in [0.29, 0.717) is 57.8 Å². The molecule has 0 aliphatic heterocycles. The first kappa shape index (κ1) is 20.0. The molecule has 0 N–H and O–H groups in total. The SMILES string of the molecule is C=CCn1c(SCc2nnc(-c3c(-c4ccccc4)noc3C)o2)nnc1-c1ccco1. The van der Waals surface area contributed by atoms with Crippen LogP contribution in [0.3, 0.4) is 0 Å². The molecule has 5 rings (SSSR count). The number of allylic oxidation sites excluding steroid dienone is 1. The van der Waals surface area contributed by atoms with E-state index in [1.165, 1.54) is 11.8 Å². The maximum atomic E-state index is 5.93. The van der Waals surface area contributed by atoms with E-state index in [2.05, 4.69) is 32.1 Å². The highest BCUT2D eigenvalue weighted by molar-refractivity contribution is 7.98. The molecule has 4 aromatic heterocycles. The lowest BCUT2D eigenvalue weighted by atomic mass is 10.1. The van der Waals surface area contributed by atoms with Crippen LogP contribution in [0.25, 0.3) is 34.3 Å². The van der Waals surface area contributed by atoms with E-state index in [-0.39, 0.29) is 0 Å². The average molecular weight is 446 g/mol. The molecular weight excluding hydrogens is 428 g/mol. The van der Waals surface area contributed by atoms with Gasteiger partial charge in [0.2, 0.25) is 11.7 Å². The molecule has 0 radical (unpaired) electrons. The molecule has 9 nitrogen and oxygen atoms in total. The van der Waals surface area contributed by atoms with Gasteiger partial charge < -0.3 is 13.4 Å². The first-order chi connectivity index (χ1) is 15.7. The van der Waals surface area contributed by atoms with E-state index in [0.717, 1.165) is 5.56 Å². The number of benzene rings is 1. The smallest absolute Gasteiger partial charge is 0.253 e. The third kappa shape index (κ3) is 3.76. The van der Waals surface area contributed by atoms with Gasteiger partial charge in [-0.2, -0.15) is 0 Å². The number of thioether (sulfide) groups is 1. The van der Waals surface area contributed by atoms with Crippen LogP contribution in [0.2, 0.25) is 0 Å². The van der Waals surface area contributed by atoms with Gasteiger partial charge in [-0.25, -0.2) is 0 Å². The van der Waals surface area contributed by atoms with Crippen molar-refractivity contribution in [2.45, 2.75) is 24.4 Å². The van der Waals surface area contributed by atoms with Crippen molar-refractivity contribution in [3.8, 4) is 34.3 Å². The maximum absolute atomic E-state index is 5.93.